The summed E-state index contributed by atoms with van der Waals surface area (Å²) in [6, 6.07) is 14.0. The van der Waals surface area contributed by atoms with Crippen LogP contribution in [-0.4, -0.2) is 95.4 Å². The van der Waals surface area contributed by atoms with Crippen molar-refractivity contribution in [3.8, 4) is 0 Å². The molecule has 2 aliphatic heterocycles. The number of allylic oxidation sites excluding steroid dienone is 4. The van der Waals surface area contributed by atoms with Gasteiger partial charge in [-0.25, -0.2) is 0 Å². The van der Waals surface area contributed by atoms with E-state index in [4.69, 9.17) is 9.47 Å². The Morgan fingerprint density at radius 3 is 1.19 bits per heavy atom. The molecular weight excluding hydrogens is 1160 g/mol. The quantitative estimate of drug-likeness (QED) is 0.0467. The summed E-state index contributed by atoms with van der Waals surface area (Å²) >= 11 is 0. The Bertz CT molecular complexity index is 2800. The molecule has 10 aliphatic rings. The third-order valence-electron chi connectivity index (χ3n) is 29.4. The summed E-state index contributed by atoms with van der Waals surface area (Å²) < 4.78 is 13.0. The summed E-state index contributed by atoms with van der Waals surface area (Å²) in [5.74, 6) is 9.18. The predicted octanol–water partition coefficient (Wildman–Crippen LogP) is 18.4. The molecule has 0 saturated heterocycles. The van der Waals surface area contributed by atoms with Crippen molar-refractivity contribution in [2.45, 2.75) is 248 Å². The molecule has 8 aliphatic carbocycles. The van der Waals surface area contributed by atoms with Crippen LogP contribution in [0.1, 0.15) is 278 Å². The number of benzene rings is 2. The summed E-state index contributed by atoms with van der Waals surface area (Å²) in [7, 11) is 0. The highest BCUT2D eigenvalue weighted by Gasteiger charge is 2.61. The number of ether oxygens (including phenoxy) is 2. The van der Waals surface area contributed by atoms with E-state index >= 15 is 0 Å². The number of imide groups is 2. The standard InChI is InChI=1S/C84H124N2O8/c1-53(2)17-15-19-55(5)71-29-31-73-69-27-25-61-47-57(33-39-81(61,7)75(69)35-41-83(71,73)9)59(49-63(87)51-85-77(89)65-21-11-12-22-66(65)78(85)90)37-43-93-45-46-94-44-38-60(50-64(88)52-86-79(91)67-23-13-14-24-68(67)80(86)92)58-34-40-82(8)62(48-58)26-28-70-74-32-30-72(56(6)20-16-18-54(3)4)84(74,10)42-36-76(70)82/h11-14,21-26,53-60,63-64,69-76,87-88H,15-20,27-52H2,1-10H3. The fraction of sp³-hybridized carbons (Fsp3) is 0.762. The number of carbonyl (C=O) groups is 4. The molecule has 10 nitrogen and oxygen atoms in total. The zero-order valence-electron chi connectivity index (χ0n) is 60.0. The Labute approximate surface area is 567 Å². The second-order valence-corrected chi connectivity index (χ2v) is 35.2. The Kier molecular flexibility index (Phi) is 21.6. The first-order chi connectivity index (χ1) is 45.0. The van der Waals surface area contributed by atoms with E-state index in [0.29, 0.717) is 84.2 Å². The molecule has 518 valence electrons. The number of rotatable bonds is 29. The fourth-order valence-corrected chi connectivity index (χ4v) is 24.2. The molecule has 20 unspecified atom stereocenters. The molecule has 2 aromatic carbocycles. The molecule has 0 bridgehead atoms. The molecule has 6 fully saturated rings. The molecule has 12 rings (SSSR count). The highest BCUT2D eigenvalue weighted by Crippen LogP contribution is 2.70. The van der Waals surface area contributed by atoms with Crippen molar-refractivity contribution < 1.29 is 38.9 Å². The third-order valence-corrected chi connectivity index (χ3v) is 29.4. The average molecular weight is 1290 g/mol. The molecule has 0 radical (unpaired) electrons. The lowest BCUT2D eigenvalue weighted by atomic mass is 9.46. The van der Waals surface area contributed by atoms with Gasteiger partial charge in [0.1, 0.15) is 0 Å². The van der Waals surface area contributed by atoms with Gasteiger partial charge in [-0.1, -0.05) is 155 Å². The Balaban J connectivity index is 0.676. The van der Waals surface area contributed by atoms with Crippen LogP contribution in [0.3, 0.4) is 0 Å². The zero-order valence-corrected chi connectivity index (χ0v) is 60.0. The van der Waals surface area contributed by atoms with E-state index in [1.54, 1.807) is 59.7 Å². The maximum atomic E-state index is 13.6. The Hall–Kier alpha value is -3.96. The molecule has 2 aromatic rings. The lowest BCUT2D eigenvalue weighted by molar-refractivity contribution is -0.0562. The summed E-state index contributed by atoms with van der Waals surface area (Å²) in [4.78, 5) is 56.8. The van der Waals surface area contributed by atoms with Crippen LogP contribution >= 0.6 is 0 Å². The molecule has 2 N–H and O–H groups in total. The van der Waals surface area contributed by atoms with Gasteiger partial charge < -0.3 is 19.7 Å². The van der Waals surface area contributed by atoms with Crippen LogP contribution in [0.5, 0.6) is 0 Å². The van der Waals surface area contributed by atoms with E-state index in [1.165, 1.54) is 125 Å². The monoisotopic (exact) mass is 1290 g/mol. The second kappa shape index (κ2) is 29.1. The van der Waals surface area contributed by atoms with Gasteiger partial charge in [-0.15, -0.1) is 0 Å². The minimum atomic E-state index is -0.849. The number of β-amino-alcohol motifs (C(OH)–C–C–N with tert-alkyl or cyclic N) is 2. The van der Waals surface area contributed by atoms with Gasteiger partial charge in [0.05, 0.1) is 60.8 Å². The van der Waals surface area contributed by atoms with Crippen LogP contribution in [0.25, 0.3) is 0 Å². The van der Waals surface area contributed by atoms with Gasteiger partial charge in [-0.05, 0) is 269 Å². The van der Waals surface area contributed by atoms with Crippen LogP contribution < -0.4 is 0 Å². The molecule has 10 heteroatoms. The number of fused-ring (bicyclic) bond motifs is 12. The van der Waals surface area contributed by atoms with Gasteiger partial charge >= 0.3 is 0 Å². The van der Waals surface area contributed by atoms with E-state index in [1.807, 2.05) is 0 Å². The van der Waals surface area contributed by atoms with Gasteiger partial charge in [0.15, 0.2) is 0 Å². The number of amides is 4. The summed E-state index contributed by atoms with van der Waals surface area (Å²) in [6.07, 6.45) is 34.4. The van der Waals surface area contributed by atoms with Crippen LogP contribution in [0.4, 0.5) is 0 Å². The van der Waals surface area contributed by atoms with Gasteiger partial charge in [-0.3, -0.25) is 29.0 Å². The van der Waals surface area contributed by atoms with Crippen molar-refractivity contribution in [2.75, 3.05) is 39.5 Å². The summed E-state index contributed by atoms with van der Waals surface area (Å²) in [5, 5.41) is 23.9. The summed E-state index contributed by atoms with van der Waals surface area (Å²) in [6.45, 7) is 27.2. The molecule has 94 heavy (non-hydrogen) atoms. The molecular formula is C84H124N2O8. The SMILES string of the molecule is CC(C)CCCC(C)C1CCC2C3CC=C4CC(C(CCOCCOCCC(CC(O)CN5C(=O)c6ccccc6C5=O)C5CCC6(C)C(=CCC7C6CCC6(C)C(C(C)CCCC(C)C)CCC76)C5)CC(O)CN5C(=O)c6ccccc6C5=O)CCC4(C)C3CCC12C. The molecule has 4 amide bonds. The van der Waals surface area contributed by atoms with Crippen LogP contribution in [-0.2, 0) is 9.47 Å². The largest absolute Gasteiger partial charge is 0.391 e. The highest BCUT2D eigenvalue weighted by molar-refractivity contribution is 6.22. The van der Waals surface area contributed by atoms with E-state index in [9.17, 15) is 29.4 Å². The molecule has 6 saturated carbocycles. The smallest absolute Gasteiger partial charge is 0.261 e. The van der Waals surface area contributed by atoms with Gasteiger partial charge in [0.25, 0.3) is 23.6 Å². The average Bonchev–Trinajstić information content (AvgIpc) is 1.39. The van der Waals surface area contributed by atoms with Gasteiger partial charge in [-0.2, -0.15) is 0 Å². The normalized spacial score (nSPS) is 35.4. The number of aliphatic hydroxyl groups excluding tert-OH is 2. The Morgan fingerprint density at radius 1 is 0.457 bits per heavy atom. The molecule has 0 aromatic heterocycles. The first kappa shape index (κ1) is 69.9. The van der Waals surface area contributed by atoms with Crippen LogP contribution in [0.2, 0.25) is 0 Å². The molecule has 0 spiro atoms. The Morgan fingerprint density at radius 2 is 0.830 bits per heavy atom. The minimum absolute atomic E-state index is 0.00977. The number of carbonyl (C=O) groups excluding carboxylic acids is 4. The van der Waals surface area contributed by atoms with E-state index in [2.05, 4.69) is 81.4 Å². The third kappa shape index (κ3) is 13.7. The minimum Gasteiger partial charge on any atom is -0.391 e. The lowest BCUT2D eigenvalue weighted by Gasteiger charge is -2.59. The first-order valence-corrected chi connectivity index (χ1v) is 38.8. The van der Waals surface area contributed by atoms with Gasteiger partial charge in [0.2, 0.25) is 0 Å². The molecule has 20 atom stereocenters. The van der Waals surface area contributed by atoms with Crippen LogP contribution in [0.15, 0.2) is 71.8 Å². The van der Waals surface area contributed by atoms with Crippen molar-refractivity contribution in [1.29, 1.82) is 0 Å². The van der Waals surface area contributed by atoms with Crippen molar-refractivity contribution in [2.24, 2.45) is 116 Å². The number of nitrogens with zero attached hydrogens (tertiary/aromatic N) is 2. The summed E-state index contributed by atoms with van der Waals surface area (Å²) in [5.41, 5.74) is 6.25. The van der Waals surface area contributed by atoms with Crippen molar-refractivity contribution in [1.82, 2.24) is 9.80 Å². The number of aliphatic hydroxyl groups is 2. The number of hydrogen-bond donors (Lipinski definition) is 2. The maximum absolute atomic E-state index is 13.6. The second-order valence-electron chi connectivity index (χ2n) is 35.2. The van der Waals surface area contributed by atoms with E-state index in [-0.39, 0.29) is 59.4 Å². The predicted molar refractivity (Wildman–Crippen MR) is 376 cm³/mol. The van der Waals surface area contributed by atoms with Crippen LogP contribution in [0, 0.1) is 116 Å². The lowest BCUT2D eigenvalue weighted by Crippen LogP contribution is -2.50. The van der Waals surface area contributed by atoms with E-state index < -0.39 is 12.2 Å². The van der Waals surface area contributed by atoms with Crippen molar-refractivity contribution in [3.05, 3.63) is 94.1 Å². The maximum Gasteiger partial charge on any atom is 0.261 e. The molecule has 2 heterocycles. The topological polar surface area (TPSA) is 134 Å². The zero-order chi connectivity index (χ0) is 66.4. The fourth-order valence-electron chi connectivity index (χ4n) is 24.2. The van der Waals surface area contributed by atoms with Crippen molar-refractivity contribution >= 4 is 23.6 Å². The van der Waals surface area contributed by atoms with Crippen molar-refractivity contribution in [3.63, 3.8) is 0 Å². The number of hydrogen-bond acceptors (Lipinski definition) is 8. The van der Waals surface area contributed by atoms with E-state index in [0.717, 1.165) is 110 Å². The highest BCUT2D eigenvalue weighted by atomic mass is 16.5. The first-order valence-electron chi connectivity index (χ1n) is 38.8. The van der Waals surface area contributed by atoms with Gasteiger partial charge in [0, 0.05) is 13.2 Å².